The van der Waals surface area contributed by atoms with Gasteiger partial charge in [0.1, 0.15) is 5.76 Å². The third kappa shape index (κ3) is 2.61. The number of carbonyl (C=O) groups is 1. The van der Waals surface area contributed by atoms with Crippen molar-refractivity contribution in [2.24, 2.45) is 0 Å². The predicted octanol–water partition coefficient (Wildman–Crippen LogP) is 2.95. The van der Waals surface area contributed by atoms with Gasteiger partial charge in [0.2, 0.25) is 5.76 Å². The van der Waals surface area contributed by atoms with Crippen molar-refractivity contribution in [2.75, 3.05) is 6.61 Å². The summed E-state index contributed by atoms with van der Waals surface area (Å²) in [6, 6.07) is 7.06. The number of carboxylic acid groups (broad SMARTS) is 1. The van der Waals surface area contributed by atoms with Gasteiger partial charge in [0.05, 0.1) is 11.5 Å². The summed E-state index contributed by atoms with van der Waals surface area (Å²) in [6.07, 6.45) is 0. The van der Waals surface area contributed by atoms with E-state index in [2.05, 4.69) is 0 Å². The molecule has 1 N–H and O–H groups in total. The zero-order valence-electron chi connectivity index (χ0n) is 10.5. The molecular weight excluding hydrogens is 266 g/mol. The number of benzene rings is 1. The first-order valence-electron chi connectivity index (χ1n) is 5.77. The highest BCUT2D eigenvalue weighted by molar-refractivity contribution is 5.85. The van der Waals surface area contributed by atoms with Gasteiger partial charge < -0.3 is 14.3 Å². The van der Waals surface area contributed by atoms with Crippen LogP contribution in [0.15, 0.2) is 34.7 Å². The number of furan rings is 1. The van der Waals surface area contributed by atoms with Gasteiger partial charge in [-0.1, -0.05) is 0 Å². The Morgan fingerprint density at radius 3 is 2.70 bits per heavy atom. The fourth-order valence-corrected chi connectivity index (χ4v) is 1.70. The summed E-state index contributed by atoms with van der Waals surface area (Å²) in [4.78, 5) is 21.2. The van der Waals surface area contributed by atoms with Gasteiger partial charge in [-0.05, 0) is 31.2 Å². The van der Waals surface area contributed by atoms with Crippen molar-refractivity contribution >= 4 is 11.7 Å². The second-order valence-corrected chi connectivity index (χ2v) is 3.84. The molecule has 0 atom stereocenters. The normalized spacial score (nSPS) is 10.2. The second-order valence-electron chi connectivity index (χ2n) is 3.84. The van der Waals surface area contributed by atoms with Gasteiger partial charge in [-0.2, -0.15) is 0 Å². The van der Waals surface area contributed by atoms with E-state index in [0.717, 1.165) is 0 Å². The van der Waals surface area contributed by atoms with Crippen molar-refractivity contribution in [1.29, 1.82) is 0 Å². The standard InChI is InChI=1S/C13H11NO6/c1-2-19-11-4-3-8(7-9(11)14(17)18)10-5-6-12(20-10)13(15)16/h3-7H,2H2,1H3,(H,15,16). The van der Waals surface area contributed by atoms with Crippen molar-refractivity contribution in [1.82, 2.24) is 0 Å². The number of nitrogens with zero attached hydrogens (tertiary/aromatic N) is 1. The van der Waals surface area contributed by atoms with Gasteiger partial charge >= 0.3 is 11.7 Å². The minimum atomic E-state index is -1.20. The third-order valence-electron chi connectivity index (χ3n) is 2.56. The Balaban J connectivity index is 2.44. The highest BCUT2D eigenvalue weighted by atomic mass is 16.6. The SMILES string of the molecule is CCOc1ccc(-c2ccc(C(=O)O)o2)cc1[N+](=O)[O-]. The van der Waals surface area contributed by atoms with E-state index in [9.17, 15) is 14.9 Å². The highest BCUT2D eigenvalue weighted by Gasteiger charge is 2.18. The molecule has 0 aliphatic rings. The summed E-state index contributed by atoms with van der Waals surface area (Å²) in [6.45, 7) is 2.04. The van der Waals surface area contributed by atoms with Crippen LogP contribution >= 0.6 is 0 Å². The summed E-state index contributed by atoms with van der Waals surface area (Å²) in [7, 11) is 0. The number of nitro groups is 1. The Labute approximate surface area is 113 Å². The van der Waals surface area contributed by atoms with Gasteiger partial charge in [-0.25, -0.2) is 4.79 Å². The van der Waals surface area contributed by atoms with Crippen molar-refractivity contribution < 1.29 is 24.0 Å². The maximum Gasteiger partial charge on any atom is 0.371 e. The Morgan fingerprint density at radius 1 is 1.40 bits per heavy atom. The van der Waals surface area contributed by atoms with Crippen LogP contribution in [-0.4, -0.2) is 22.6 Å². The Morgan fingerprint density at radius 2 is 2.15 bits per heavy atom. The molecule has 1 aromatic carbocycles. The lowest BCUT2D eigenvalue weighted by atomic mass is 10.1. The molecule has 2 rings (SSSR count). The molecule has 7 heteroatoms. The summed E-state index contributed by atoms with van der Waals surface area (Å²) in [5.41, 5.74) is 0.213. The first-order valence-corrected chi connectivity index (χ1v) is 5.77. The van der Waals surface area contributed by atoms with E-state index < -0.39 is 10.9 Å². The van der Waals surface area contributed by atoms with Gasteiger partial charge in [0, 0.05) is 11.6 Å². The first kappa shape index (κ1) is 13.6. The maximum absolute atomic E-state index is 11.0. The molecule has 20 heavy (non-hydrogen) atoms. The summed E-state index contributed by atoms with van der Waals surface area (Å²) >= 11 is 0. The summed E-state index contributed by atoms with van der Waals surface area (Å²) < 4.78 is 10.3. The molecule has 0 saturated heterocycles. The Bertz CT molecular complexity index is 661. The molecule has 0 amide bonds. The largest absolute Gasteiger partial charge is 0.487 e. The highest BCUT2D eigenvalue weighted by Crippen LogP contribution is 2.33. The molecule has 0 spiro atoms. The third-order valence-corrected chi connectivity index (χ3v) is 2.56. The molecule has 2 aromatic rings. The molecule has 0 fully saturated rings. The fourth-order valence-electron chi connectivity index (χ4n) is 1.70. The van der Waals surface area contributed by atoms with E-state index in [1.165, 1.54) is 24.3 Å². The van der Waals surface area contributed by atoms with E-state index in [1.54, 1.807) is 13.0 Å². The van der Waals surface area contributed by atoms with Crippen LogP contribution in [-0.2, 0) is 0 Å². The van der Waals surface area contributed by atoms with Crippen LogP contribution in [0, 0.1) is 10.1 Å². The molecular formula is C13H11NO6. The first-order chi connectivity index (χ1) is 9.52. The van der Waals surface area contributed by atoms with Crippen LogP contribution in [0.5, 0.6) is 5.75 Å². The second kappa shape index (κ2) is 5.43. The molecule has 0 saturated carbocycles. The molecule has 7 nitrogen and oxygen atoms in total. The monoisotopic (exact) mass is 277 g/mol. The fraction of sp³-hybridized carbons (Fsp3) is 0.154. The number of rotatable bonds is 5. The van der Waals surface area contributed by atoms with E-state index >= 15 is 0 Å². The van der Waals surface area contributed by atoms with Crippen LogP contribution in [0.25, 0.3) is 11.3 Å². The topological polar surface area (TPSA) is 103 Å². The van der Waals surface area contributed by atoms with Crippen molar-refractivity contribution in [3.63, 3.8) is 0 Å². The van der Waals surface area contributed by atoms with Crippen LogP contribution < -0.4 is 4.74 Å². The van der Waals surface area contributed by atoms with E-state index in [-0.39, 0.29) is 23.0 Å². The number of ether oxygens (including phenoxy) is 1. The molecule has 1 aromatic heterocycles. The molecule has 0 radical (unpaired) electrons. The van der Waals surface area contributed by atoms with E-state index in [1.807, 2.05) is 0 Å². The molecule has 0 unspecified atom stereocenters. The number of hydrogen-bond acceptors (Lipinski definition) is 5. The van der Waals surface area contributed by atoms with Crippen LogP contribution in [0.4, 0.5) is 5.69 Å². The van der Waals surface area contributed by atoms with Gasteiger partial charge in [0.15, 0.2) is 5.75 Å². The average molecular weight is 277 g/mol. The van der Waals surface area contributed by atoms with Crippen LogP contribution in [0.2, 0.25) is 0 Å². The molecule has 0 bridgehead atoms. The van der Waals surface area contributed by atoms with Gasteiger partial charge in [-0.3, -0.25) is 10.1 Å². The van der Waals surface area contributed by atoms with Crippen molar-refractivity contribution in [3.8, 4) is 17.1 Å². The molecule has 0 aliphatic carbocycles. The summed E-state index contributed by atoms with van der Waals surface area (Å²) in [5.74, 6) is -1.02. The maximum atomic E-state index is 11.0. The average Bonchev–Trinajstić information content (AvgIpc) is 2.89. The lowest BCUT2D eigenvalue weighted by molar-refractivity contribution is -0.385. The van der Waals surface area contributed by atoms with E-state index in [4.69, 9.17) is 14.3 Å². The number of nitro benzene ring substituents is 1. The van der Waals surface area contributed by atoms with Crippen LogP contribution in [0.1, 0.15) is 17.5 Å². The lowest BCUT2D eigenvalue weighted by Gasteiger charge is -2.05. The zero-order valence-corrected chi connectivity index (χ0v) is 10.5. The van der Waals surface area contributed by atoms with Crippen LogP contribution in [0.3, 0.4) is 0 Å². The molecule has 1 heterocycles. The lowest BCUT2D eigenvalue weighted by Crippen LogP contribution is -1.97. The molecule has 0 aliphatic heterocycles. The minimum Gasteiger partial charge on any atom is -0.487 e. The molecule has 104 valence electrons. The smallest absolute Gasteiger partial charge is 0.371 e. The minimum absolute atomic E-state index is 0.159. The Hall–Kier alpha value is -2.83. The van der Waals surface area contributed by atoms with E-state index in [0.29, 0.717) is 12.2 Å². The number of carboxylic acids is 1. The zero-order chi connectivity index (χ0) is 14.7. The number of aromatic carboxylic acids is 1. The quantitative estimate of drug-likeness (QED) is 0.665. The number of hydrogen-bond donors (Lipinski definition) is 1. The predicted molar refractivity (Wildman–Crippen MR) is 68.9 cm³/mol. The van der Waals surface area contributed by atoms with Crippen molar-refractivity contribution in [2.45, 2.75) is 6.92 Å². The van der Waals surface area contributed by atoms with Gasteiger partial charge in [-0.15, -0.1) is 0 Å². The van der Waals surface area contributed by atoms with Gasteiger partial charge in [0.25, 0.3) is 0 Å². The van der Waals surface area contributed by atoms with Crippen molar-refractivity contribution in [3.05, 3.63) is 46.2 Å². The summed E-state index contributed by atoms with van der Waals surface area (Å²) in [5, 5.41) is 19.8. The Kier molecular flexibility index (Phi) is 3.69.